The number of aromatic amines is 1. The fourth-order valence-corrected chi connectivity index (χ4v) is 2.04. The minimum Gasteiger partial charge on any atom is -0.338 e. The number of nitrogens with zero attached hydrogens (tertiary/aromatic N) is 2. The number of anilines is 1. The van der Waals surface area contributed by atoms with Crippen LogP contribution < -0.4 is 5.32 Å². The number of nitrogens with one attached hydrogen (secondary N) is 2. The van der Waals surface area contributed by atoms with E-state index in [9.17, 15) is 4.79 Å². The van der Waals surface area contributed by atoms with Crippen molar-refractivity contribution in [2.45, 2.75) is 6.92 Å². The Morgan fingerprint density at radius 1 is 1.14 bits per heavy atom. The van der Waals surface area contributed by atoms with Crippen molar-refractivity contribution in [1.29, 1.82) is 0 Å². The summed E-state index contributed by atoms with van der Waals surface area (Å²) in [6.07, 6.45) is 5.05. The first kappa shape index (κ1) is 13.1. The van der Waals surface area contributed by atoms with E-state index in [1.807, 2.05) is 36.4 Å². The first-order chi connectivity index (χ1) is 10.2. The highest BCUT2D eigenvalue weighted by Crippen LogP contribution is 2.21. The number of benzene rings is 1. The van der Waals surface area contributed by atoms with E-state index in [-0.39, 0.29) is 5.91 Å². The highest BCUT2D eigenvalue weighted by molar-refractivity contribution is 6.03. The number of hydrogen-bond donors (Lipinski definition) is 2. The summed E-state index contributed by atoms with van der Waals surface area (Å²) in [6.45, 7) is 1.81. The number of aryl methyl sites for hydroxylation is 1. The molecule has 104 valence electrons. The molecule has 0 spiro atoms. The Morgan fingerprint density at radius 3 is 2.71 bits per heavy atom. The lowest BCUT2D eigenvalue weighted by Gasteiger charge is -2.06. The SMILES string of the molecule is Cc1ncc(C(=O)Nc2cccc(-c3cccnc3)c2)[nH]1. The number of rotatable bonds is 3. The van der Waals surface area contributed by atoms with Gasteiger partial charge in [0, 0.05) is 23.6 Å². The van der Waals surface area contributed by atoms with Crippen molar-refractivity contribution in [2.24, 2.45) is 0 Å². The van der Waals surface area contributed by atoms with Gasteiger partial charge in [-0.3, -0.25) is 9.78 Å². The Bertz CT molecular complexity index is 765. The number of H-pyrrole nitrogens is 1. The number of aromatic nitrogens is 3. The van der Waals surface area contributed by atoms with E-state index >= 15 is 0 Å². The van der Waals surface area contributed by atoms with Crippen LogP contribution >= 0.6 is 0 Å². The van der Waals surface area contributed by atoms with Gasteiger partial charge >= 0.3 is 0 Å². The molecule has 1 aromatic carbocycles. The molecule has 5 heteroatoms. The molecule has 3 aromatic rings. The van der Waals surface area contributed by atoms with Crippen molar-refractivity contribution < 1.29 is 4.79 Å². The normalized spacial score (nSPS) is 10.3. The second-order valence-electron chi connectivity index (χ2n) is 4.66. The smallest absolute Gasteiger partial charge is 0.273 e. The summed E-state index contributed by atoms with van der Waals surface area (Å²) in [4.78, 5) is 23.1. The molecule has 0 aliphatic rings. The van der Waals surface area contributed by atoms with E-state index in [1.54, 1.807) is 19.3 Å². The molecule has 0 aliphatic heterocycles. The zero-order valence-corrected chi connectivity index (χ0v) is 11.5. The molecule has 5 nitrogen and oxygen atoms in total. The molecule has 0 unspecified atom stereocenters. The van der Waals surface area contributed by atoms with E-state index < -0.39 is 0 Å². The third-order valence-corrected chi connectivity index (χ3v) is 3.06. The minimum absolute atomic E-state index is 0.209. The zero-order valence-electron chi connectivity index (χ0n) is 11.5. The van der Waals surface area contributed by atoms with Gasteiger partial charge in [0.25, 0.3) is 5.91 Å². The van der Waals surface area contributed by atoms with E-state index in [1.165, 1.54) is 6.20 Å². The Morgan fingerprint density at radius 2 is 2.00 bits per heavy atom. The number of imidazole rings is 1. The summed E-state index contributed by atoms with van der Waals surface area (Å²) in [6, 6.07) is 11.5. The van der Waals surface area contributed by atoms with Crippen LogP contribution in [0.2, 0.25) is 0 Å². The van der Waals surface area contributed by atoms with Gasteiger partial charge in [-0.2, -0.15) is 0 Å². The lowest BCUT2D eigenvalue weighted by Crippen LogP contribution is -2.12. The van der Waals surface area contributed by atoms with Crippen LogP contribution in [0.15, 0.2) is 55.0 Å². The fraction of sp³-hybridized carbons (Fsp3) is 0.0625. The van der Waals surface area contributed by atoms with Crippen molar-refractivity contribution in [3.05, 3.63) is 66.5 Å². The predicted octanol–water partition coefficient (Wildman–Crippen LogP) is 3.03. The maximum atomic E-state index is 12.1. The molecule has 2 aromatic heterocycles. The molecule has 2 heterocycles. The van der Waals surface area contributed by atoms with E-state index in [0.29, 0.717) is 11.5 Å². The average molecular weight is 278 g/mol. The van der Waals surface area contributed by atoms with Crippen LogP contribution in [0.4, 0.5) is 5.69 Å². The first-order valence-electron chi connectivity index (χ1n) is 6.56. The van der Waals surface area contributed by atoms with E-state index in [4.69, 9.17) is 0 Å². The summed E-state index contributed by atoms with van der Waals surface area (Å²) < 4.78 is 0. The summed E-state index contributed by atoms with van der Waals surface area (Å²) in [5, 5.41) is 2.85. The summed E-state index contributed by atoms with van der Waals surface area (Å²) in [7, 11) is 0. The topological polar surface area (TPSA) is 70.7 Å². The molecule has 0 fully saturated rings. The van der Waals surface area contributed by atoms with Crippen LogP contribution in [0.1, 0.15) is 16.3 Å². The molecule has 1 amide bonds. The Hall–Kier alpha value is -2.95. The van der Waals surface area contributed by atoms with E-state index in [0.717, 1.165) is 16.8 Å². The molecule has 0 radical (unpaired) electrons. The zero-order chi connectivity index (χ0) is 14.7. The summed E-state index contributed by atoms with van der Waals surface area (Å²) in [5.41, 5.74) is 3.18. The van der Waals surface area contributed by atoms with Gasteiger partial charge in [0.2, 0.25) is 0 Å². The second-order valence-corrected chi connectivity index (χ2v) is 4.66. The molecular weight excluding hydrogens is 264 g/mol. The van der Waals surface area contributed by atoms with Crippen molar-refractivity contribution in [3.8, 4) is 11.1 Å². The van der Waals surface area contributed by atoms with Crippen molar-refractivity contribution in [1.82, 2.24) is 15.0 Å². The van der Waals surface area contributed by atoms with Crippen LogP contribution in [0.5, 0.6) is 0 Å². The summed E-state index contributed by atoms with van der Waals surface area (Å²) in [5.74, 6) is 0.503. The Kier molecular flexibility index (Phi) is 3.47. The quantitative estimate of drug-likeness (QED) is 0.773. The number of carbonyl (C=O) groups excluding carboxylic acids is 1. The van der Waals surface area contributed by atoms with Gasteiger partial charge in [-0.05, 0) is 30.7 Å². The molecule has 21 heavy (non-hydrogen) atoms. The van der Waals surface area contributed by atoms with E-state index in [2.05, 4.69) is 20.3 Å². The molecule has 0 atom stereocenters. The average Bonchev–Trinajstić information content (AvgIpc) is 2.95. The van der Waals surface area contributed by atoms with Gasteiger partial charge in [-0.15, -0.1) is 0 Å². The standard InChI is InChI=1S/C16H14N4O/c1-11-18-10-15(19-11)16(21)20-14-6-2-4-12(8-14)13-5-3-7-17-9-13/h2-10H,1H3,(H,18,19)(H,20,21). The molecule has 3 rings (SSSR count). The maximum Gasteiger partial charge on any atom is 0.273 e. The maximum absolute atomic E-state index is 12.1. The third kappa shape index (κ3) is 2.97. The highest BCUT2D eigenvalue weighted by Gasteiger charge is 2.09. The lowest BCUT2D eigenvalue weighted by molar-refractivity contribution is 0.102. The van der Waals surface area contributed by atoms with Crippen LogP contribution in [0.3, 0.4) is 0 Å². The number of carbonyl (C=O) groups is 1. The lowest BCUT2D eigenvalue weighted by atomic mass is 10.1. The molecule has 0 bridgehead atoms. The fourth-order valence-electron chi connectivity index (χ4n) is 2.04. The van der Waals surface area contributed by atoms with Crippen LogP contribution in [-0.4, -0.2) is 20.9 Å². The van der Waals surface area contributed by atoms with Crippen LogP contribution in [0.25, 0.3) is 11.1 Å². The van der Waals surface area contributed by atoms with Gasteiger partial charge in [-0.25, -0.2) is 4.98 Å². The Labute approximate surface area is 122 Å². The highest BCUT2D eigenvalue weighted by atomic mass is 16.1. The monoisotopic (exact) mass is 278 g/mol. The van der Waals surface area contributed by atoms with Crippen LogP contribution in [-0.2, 0) is 0 Å². The largest absolute Gasteiger partial charge is 0.338 e. The van der Waals surface area contributed by atoms with Gasteiger partial charge in [0.05, 0.1) is 6.20 Å². The summed E-state index contributed by atoms with van der Waals surface area (Å²) >= 11 is 0. The van der Waals surface area contributed by atoms with Gasteiger partial charge < -0.3 is 10.3 Å². The van der Waals surface area contributed by atoms with Crippen molar-refractivity contribution in [2.75, 3.05) is 5.32 Å². The number of hydrogen-bond acceptors (Lipinski definition) is 3. The predicted molar refractivity (Wildman–Crippen MR) is 81.0 cm³/mol. The molecular formula is C16H14N4O. The number of amides is 1. The first-order valence-corrected chi connectivity index (χ1v) is 6.56. The Balaban J connectivity index is 1.82. The van der Waals surface area contributed by atoms with Crippen molar-refractivity contribution >= 4 is 11.6 Å². The van der Waals surface area contributed by atoms with Crippen LogP contribution in [0, 0.1) is 6.92 Å². The molecule has 0 saturated heterocycles. The third-order valence-electron chi connectivity index (χ3n) is 3.06. The van der Waals surface area contributed by atoms with Crippen molar-refractivity contribution in [3.63, 3.8) is 0 Å². The van der Waals surface area contributed by atoms with Gasteiger partial charge in [0.1, 0.15) is 11.5 Å². The number of pyridine rings is 1. The second kappa shape index (κ2) is 5.58. The molecule has 0 aliphatic carbocycles. The van der Waals surface area contributed by atoms with Gasteiger partial charge in [-0.1, -0.05) is 18.2 Å². The molecule has 2 N–H and O–H groups in total. The molecule has 0 saturated carbocycles. The minimum atomic E-state index is -0.209. The van der Waals surface area contributed by atoms with Gasteiger partial charge in [0.15, 0.2) is 0 Å².